The summed E-state index contributed by atoms with van der Waals surface area (Å²) in [6.45, 7) is 1.93. The molecule has 4 nitrogen and oxygen atoms in total. The van der Waals surface area contributed by atoms with Gasteiger partial charge in [0, 0.05) is 4.88 Å². The maximum absolute atomic E-state index is 12.1. The number of nitrogens with one attached hydrogen (secondary N) is 1. The number of nitrogens with two attached hydrogens (primary N) is 1. The molecule has 0 saturated heterocycles. The van der Waals surface area contributed by atoms with Crippen molar-refractivity contribution >= 4 is 17.2 Å². The van der Waals surface area contributed by atoms with Crippen LogP contribution in [0.3, 0.4) is 0 Å². The Morgan fingerprint density at radius 1 is 1.30 bits per heavy atom. The summed E-state index contributed by atoms with van der Waals surface area (Å²) in [7, 11) is 1.63. The van der Waals surface area contributed by atoms with Gasteiger partial charge in [-0.25, -0.2) is 0 Å². The summed E-state index contributed by atoms with van der Waals surface area (Å²) in [6, 6.07) is 10.7. The van der Waals surface area contributed by atoms with Crippen LogP contribution in [0.25, 0.3) is 0 Å². The van der Waals surface area contributed by atoms with Gasteiger partial charge in [0.25, 0.3) is 0 Å². The zero-order chi connectivity index (χ0) is 14.5. The van der Waals surface area contributed by atoms with E-state index in [9.17, 15) is 4.79 Å². The first kappa shape index (κ1) is 14.6. The minimum absolute atomic E-state index is 0.0978. The molecule has 1 unspecified atom stereocenters. The highest BCUT2D eigenvalue weighted by Crippen LogP contribution is 2.20. The van der Waals surface area contributed by atoms with Gasteiger partial charge in [-0.3, -0.25) is 4.79 Å². The normalized spacial score (nSPS) is 13.6. The van der Waals surface area contributed by atoms with E-state index in [1.54, 1.807) is 7.11 Å². The topological polar surface area (TPSA) is 64.3 Å². The monoisotopic (exact) mass is 290 g/mol. The fourth-order valence-corrected chi connectivity index (χ4v) is 2.60. The van der Waals surface area contributed by atoms with Gasteiger partial charge in [0.1, 0.15) is 11.8 Å². The van der Waals surface area contributed by atoms with Crippen molar-refractivity contribution in [3.05, 3.63) is 52.2 Å². The summed E-state index contributed by atoms with van der Waals surface area (Å²) in [5, 5.41) is 4.84. The van der Waals surface area contributed by atoms with E-state index in [2.05, 4.69) is 5.32 Å². The third-order valence-electron chi connectivity index (χ3n) is 3.11. The Morgan fingerprint density at radius 2 is 2.00 bits per heavy atom. The molecule has 0 spiro atoms. The lowest BCUT2D eigenvalue weighted by molar-refractivity contribution is -0.123. The van der Waals surface area contributed by atoms with Crippen LogP contribution in [0, 0.1) is 0 Å². The lowest BCUT2D eigenvalue weighted by Gasteiger charge is -2.17. The molecule has 3 N–H and O–H groups in total. The molecule has 2 rings (SSSR count). The van der Waals surface area contributed by atoms with Crippen molar-refractivity contribution in [1.29, 1.82) is 0 Å². The predicted octanol–water partition coefficient (Wildman–Crippen LogP) is 2.63. The van der Waals surface area contributed by atoms with Crippen molar-refractivity contribution < 1.29 is 9.53 Å². The van der Waals surface area contributed by atoms with Crippen LogP contribution >= 0.6 is 11.3 Å². The quantitative estimate of drug-likeness (QED) is 0.889. The second kappa shape index (κ2) is 6.54. The van der Waals surface area contributed by atoms with Gasteiger partial charge in [-0.2, -0.15) is 0 Å². The van der Waals surface area contributed by atoms with Crippen LogP contribution in [-0.2, 0) is 4.79 Å². The van der Waals surface area contributed by atoms with E-state index in [4.69, 9.17) is 10.5 Å². The number of methoxy groups -OCH3 is 1. The molecule has 5 heteroatoms. The minimum atomic E-state index is -0.615. The van der Waals surface area contributed by atoms with Crippen LogP contribution in [0.1, 0.15) is 29.4 Å². The van der Waals surface area contributed by atoms with Crippen molar-refractivity contribution in [3.8, 4) is 5.75 Å². The van der Waals surface area contributed by atoms with Gasteiger partial charge < -0.3 is 15.8 Å². The molecule has 0 bridgehead atoms. The molecule has 0 saturated carbocycles. The van der Waals surface area contributed by atoms with Gasteiger partial charge in [-0.15, -0.1) is 11.3 Å². The summed E-state index contributed by atoms with van der Waals surface area (Å²) < 4.78 is 5.11. The first-order valence-electron chi connectivity index (χ1n) is 6.35. The van der Waals surface area contributed by atoms with Crippen molar-refractivity contribution in [3.63, 3.8) is 0 Å². The number of hydrogen-bond donors (Lipinski definition) is 2. The first-order chi connectivity index (χ1) is 9.61. The number of carbonyl (C=O) groups is 1. The number of hydrogen-bond acceptors (Lipinski definition) is 4. The Hall–Kier alpha value is -1.85. The number of carbonyl (C=O) groups excluding carboxylic acids is 1. The minimum Gasteiger partial charge on any atom is -0.497 e. The summed E-state index contributed by atoms with van der Waals surface area (Å²) in [4.78, 5) is 13.0. The van der Waals surface area contributed by atoms with Crippen molar-refractivity contribution in [1.82, 2.24) is 5.32 Å². The van der Waals surface area contributed by atoms with Gasteiger partial charge in [0.05, 0.1) is 13.2 Å². The SMILES string of the molecule is COc1ccc([C@H](C)NC(=O)C(N)c2cccs2)cc1. The molecule has 0 aliphatic rings. The molecule has 1 aromatic heterocycles. The van der Waals surface area contributed by atoms with Crippen LogP contribution in [0.5, 0.6) is 5.75 Å². The van der Waals surface area contributed by atoms with Crippen molar-refractivity contribution in [2.75, 3.05) is 7.11 Å². The van der Waals surface area contributed by atoms with Crippen LogP contribution in [0.2, 0.25) is 0 Å². The molecule has 1 amide bonds. The van der Waals surface area contributed by atoms with E-state index in [1.165, 1.54) is 11.3 Å². The highest BCUT2D eigenvalue weighted by Gasteiger charge is 2.19. The predicted molar refractivity (Wildman–Crippen MR) is 80.8 cm³/mol. The number of amides is 1. The fourth-order valence-electron chi connectivity index (χ4n) is 1.88. The molecular weight excluding hydrogens is 272 g/mol. The van der Waals surface area contributed by atoms with Gasteiger partial charge >= 0.3 is 0 Å². The zero-order valence-corrected chi connectivity index (χ0v) is 12.3. The van der Waals surface area contributed by atoms with Gasteiger partial charge in [0.2, 0.25) is 5.91 Å². The maximum Gasteiger partial charge on any atom is 0.242 e. The third kappa shape index (κ3) is 3.37. The zero-order valence-electron chi connectivity index (χ0n) is 11.5. The molecule has 0 aliphatic carbocycles. The highest BCUT2D eigenvalue weighted by atomic mass is 32.1. The lowest BCUT2D eigenvalue weighted by atomic mass is 10.1. The molecule has 2 atom stereocenters. The Bertz CT molecular complexity index is 552. The molecule has 1 heterocycles. The highest BCUT2D eigenvalue weighted by molar-refractivity contribution is 7.10. The van der Waals surface area contributed by atoms with E-state index in [0.717, 1.165) is 16.2 Å². The molecular formula is C15H18N2O2S. The second-order valence-corrected chi connectivity index (χ2v) is 5.48. The van der Waals surface area contributed by atoms with Gasteiger partial charge in [-0.05, 0) is 36.1 Å². The number of ether oxygens (including phenoxy) is 1. The fraction of sp³-hybridized carbons (Fsp3) is 0.267. The molecule has 2 aromatic rings. The summed E-state index contributed by atoms with van der Waals surface area (Å²) >= 11 is 1.48. The average Bonchev–Trinajstić information content (AvgIpc) is 3.00. The van der Waals surface area contributed by atoms with E-state index < -0.39 is 6.04 Å². The number of rotatable bonds is 5. The van der Waals surface area contributed by atoms with Crippen LogP contribution in [0.15, 0.2) is 41.8 Å². The van der Waals surface area contributed by atoms with Crippen molar-refractivity contribution in [2.24, 2.45) is 5.73 Å². The van der Waals surface area contributed by atoms with E-state index >= 15 is 0 Å². The molecule has 20 heavy (non-hydrogen) atoms. The van der Waals surface area contributed by atoms with Crippen molar-refractivity contribution in [2.45, 2.75) is 19.0 Å². The molecule has 1 aromatic carbocycles. The second-order valence-electron chi connectivity index (χ2n) is 4.50. The van der Waals surface area contributed by atoms with Gasteiger partial charge in [-0.1, -0.05) is 18.2 Å². The third-order valence-corrected chi connectivity index (χ3v) is 4.06. The Morgan fingerprint density at radius 3 is 2.55 bits per heavy atom. The average molecular weight is 290 g/mol. The first-order valence-corrected chi connectivity index (χ1v) is 7.23. The smallest absolute Gasteiger partial charge is 0.242 e. The lowest BCUT2D eigenvalue weighted by Crippen LogP contribution is -2.35. The standard InChI is InChI=1S/C15H18N2O2S/c1-10(11-5-7-12(19-2)8-6-11)17-15(18)14(16)13-4-3-9-20-13/h3-10,14H,16H2,1-2H3,(H,17,18)/t10-,14?/m0/s1. The largest absolute Gasteiger partial charge is 0.497 e. The summed E-state index contributed by atoms with van der Waals surface area (Å²) in [6.07, 6.45) is 0. The van der Waals surface area contributed by atoms with Gasteiger partial charge in [0.15, 0.2) is 0 Å². The number of benzene rings is 1. The van der Waals surface area contributed by atoms with E-state index in [0.29, 0.717) is 0 Å². The van der Waals surface area contributed by atoms with Crippen LogP contribution in [0.4, 0.5) is 0 Å². The molecule has 106 valence electrons. The van der Waals surface area contributed by atoms with E-state index in [-0.39, 0.29) is 11.9 Å². The maximum atomic E-state index is 12.1. The Balaban J connectivity index is 1.99. The summed E-state index contributed by atoms with van der Waals surface area (Å²) in [5.41, 5.74) is 6.94. The number of thiophene rings is 1. The molecule has 0 aliphatic heterocycles. The molecule has 0 fully saturated rings. The molecule has 0 radical (unpaired) electrons. The Labute approximate surface area is 122 Å². The Kier molecular flexibility index (Phi) is 4.76. The summed E-state index contributed by atoms with van der Waals surface area (Å²) in [5.74, 6) is 0.623. The van der Waals surface area contributed by atoms with Crippen LogP contribution < -0.4 is 15.8 Å². The van der Waals surface area contributed by atoms with Crippen LogP contribution in [-0.4, -0.2) is 13.0 Å². The van der Waals surface area contributed by atoms with E-state index in [1.807, 2.05) is 48.7 Å².